The van der Waals surface area contributed by atoms with Crippen molar-refractivity contribution < 1.29 is 13.2 Å². The van der Waals surface area contributed by atoms with Crippen LogP contribution >= 0.6 is 0 Å². The lowest BCUT2D eigenvalue weighted by Gasteiger charge is -1.98. The molecule has 0 unspecified atom stereocenters. The molecule has 5 heteroatoms. The number of rotatable bonds is 6. The van der Waals surface area contributed by atoms with Crippen molar-refractivity contribution in [3.63, 3.8) is 0 Å². The SMILES string of the molecule is C=C/C=C\C(=C/CNC=O)S(C)(=O)=O. The Balaban J connectivity index is 4.72. The van der Waals surface area contributed by atoms with Gasteiger partial charge in [-0.25, -0.2) is 8.42 Å². The zero-order chi connectivity index (χ0) is 11.0. The number of carbonyl (C=O) groups is 1. The number of carbonyl (C=O) groups excluding carboxylic acids is 1. The molecule has 0 spiro atoms. The second-order valence-corrected chi connectivity index (χ2v) is 4.52. The molecule has 0 radical (unpaired) electrons. The molecule has 0 rings (SSSR count). The van der Waals surface area contributed by atoms with E-state index in [0.29, 0.717) is 6.41 Å². The van der Waals surface area contributed by atoms with E-state index in [2.05, 4.69) is 11.9 Å². The monoisotopic (exact) mass is 215 g/mol. The van der Waals surface area contributed by atoms with Crippen LogP contribution in [0.4, 0.5) is 0 Å². The number of hydrogen-bond donors (Lipinski definition) is 1. The summed E-state index contributed by atoms with van der Waals surface area (Å²) < 4.78 is 22.3. The van der Waals surface area contributed by atoms with Crippen molar-refractivity contribution >= 4 is 16.2 Å². The van der Waals surface area contributed by atoms with Crippen LogP contribution < -0.4 is 5.32 Å². The third-order valence-electron chi connectivity index (χ3n) is 1.33. The van der Waals surface area contributed by atoms with E-state index in [4.69, 9.17) is 0 Å². The Morgan fingerprint density at radius 3 is 2.57 bits per heavy atom. The maximum absolute atomic E-state index is 11.2. The number of hydrogen-bond acceptors (Lipinski definition) is 3. The predicted molar refractivity (Wildman–Crippen MR) is 56.3 cm³/mol. The fourth-order valence-corrected chi connectivity index (χ4v) is 1.43. The van der Waals surface area contributed by atoms with Crippen LogP contribution in [0.3, 0.4) is 0 Å². The molecule has 0 saturated carbocycles. The molecule has 4 nitrogen and oxygen atoms in total. The zero-order valence-electron chi connectivity index (χ0n) is 7.93. The summed E-state index contributed by atoms with van der Waals surface area (Å²) in [6.45, 7) is 3.62. The Morgan fingerprint density at radius 1 is 1.50 bits per heavy atom. The van der Waals surface area contributed by atoms with Gasteiger partial charge in [0.05, 0.1) is 4.91 Å². The van der Waals surface area contributed by atoms with Gasteiger partial charge in [-0.2, -0.15) is 0 Å². The first-order valence-corrected chi connectivity index (χ1v) is 5.78. The average molecular weight is 215 g/mol. The third-order valence-corrected chi connectivity index (χ3v) is 2.49. The van der Waals surface area contributed by atoms with Crippen LogP contribution in [-0.4, -0.2) is 27.6 Å². The lowest BCUT2D eigenvalue weighted by atomic mass is 10.4. The van der Waals surface area contributed by atoms with E-state index in [0.717, 1.165) is 6.26 Å². The van der Waals surface area contributed by atoms with E-state index >= 15 is 0 Å². The minimum absolute atomic E-state index is 0.159. The van der Waals surface area contributed by atoms with Crippen LogP contribution in [0.5, 0.6) is 0 Å². The van der Waals surface area contributed by atoms with Crippen LogP contribution in [0, 0.1) is 0 Å². The van der Waals surface area contributed by atoms with Crippen molar-refractivity contribution in [3.8, 4) is 0 Å². The molecule has 14 heavy (non-hydrogen) atoms. The van der Waals surface area contributed by atoms with E-state index in [1.807, 2.05) is 0 Å². The summed E-state index contributed by atoms with van der Waals surface area (Å²) in [4.78, 5) is 10.1. The van der Waals surface area contributed by atoms with Crippen LogP contribution in [0.1, 0.15) is 0 Å². The number of amides is 1. The van der Waals surface area contributed by atoms with Crippen LogP contribution in [0.15, 0.2) is 35.8 Å². The maximum atomic E-state index is 11.2. The average Bonchev–Trinajstić information content (AvgIpc) is 2.09. The van der Waals surface area contributed by atoms with Crippen LogP contribution in [0.25, 0.3) is 0 Å². The summed E-state index contributed by atoms with van der Waals surface area (Å²) in [6.07, 6.45) is 7.46. The van der Waals surface area contributed by atoms with E-state index < -0.39 is 9.84 Å². The predicted octanol–water partition coefficient (Wildman–Crippen LogP) is 0.403. The highest BCUT2D eigenvalue weighted by atomic mass is 32.2. The molecule has 0 aliphatic carbocycles. The summed E-state index contributed by atoms with van der Waals surface area (Å²) in [5, 5.41) is 2.35. The molecule has 0 heterocycles. The first-order chi connectivity index (χ1) is 6.52. The summed E-state index contributed by atoms with van der Waals surface area (Å²) in [6, 6.07) is 0. The largest absolute Gasteiger partial charge is 0.355 e. The highest BCUT2D eigenvalue weighted by Gasteiger charge is 2.06. The van der Waals surface area contributed by atoms with Crippen molar-refractivity contribution in [1.82, 2.24) is 5.32 Å². The topological polar surface area (TPSA) is 63.2 Å². The van der Waals surface area contributed by atoms with Gasteiger partial charge in [0.25, 0.3) is 0 Å². The van der Waals surface area contributed by atoms with E-state index in [-0.39, 0.29) is 11.4 Å². The molecule has 0 atom stereocenters. The highest BCUT2D eigenvalue weighted by molar-refractivity contribution is 7.94. The second kappa shape index (κ2) is 6.15. The second-order valence-electron chi connectivity index (χ2n) is 2.50. The summed E-state index contributed by atoms with van der Waals surface area (Å²) in [7, 11) is -3.25. The Bertz CT molecular complexity index is 352. The molecule has 0 aliphatic heterocycles. The third kappa shape index (κ3) is 5.31. The molecule has 0 fully saturated rings. The Hall–Kier alpha value is -1.36. The molecule has 0 aromatic rings. The van der Waals surface area contributed by atoms with Gasteiger partial charge in [-0.1, -0.05) is 18.7 Å². The van der Waals surface area contributed by atoms with Crippen molar-refractivity contribution in [2.24, 2.45) is 0 Å². The summed E-state index contributed by atoms with van der Waals surface area (Å²) >= 11 is 0. The Morgan fingerprint density at radius 2 is 2.14 bits per heavy atom. The van der Waals surface area contributed by atoms with E-state index in [1.54, 1.807) is 0 Å². The van der Waals surface area contributed by atoms with Gasteiger partial charge < -0.3 is 5.32 Å². The van der Waals surface area contributed by atoms with Gasteiger partial charge in [0, 0.05) is 12.8 Å². The minimum atomic E-state index is -3.25. The van der Waals surface area contributed by atoms with Gasteiger partial charge in [0.2, 0.25) is 6.41 Å². The number of sulfone groups is 1. The first-order valence-electron chi connectivity index (χ1n) is 3.88. The zero-order valence-corrected chi connectivity index (χ0v) is 8.75. The van der Waals surface area contributed by atoms with Gasteiger partial charge >= 0.3 is 0 Å². The molecule has 78 valence electrons. The fourth-order valence-electron chi connectivity index (χ4n) is 0.714. The Kier molecular flexibility index (Phi) is 5.55. The fraction of sp³-hybridized carbons (Fsp3) is 0.222. The van der Waals surface area contributed by atoms with Gasteiger partial charge in [0.1, 0.15) is 0 Å². The number of allylic oxidation sites excluding steroid dienone is 3. The number of nitrogens with one attached hydrogen (secondary N) is 1. The maximum Gasteiger partial charge on any atom is 0.207 e. The van der Waals surface area contributed by atoms with Crippen LogP contribution in [0.2, 0.25) is 0 Å². The Labute approximate surface area is 83.9 Å². The van der Waals surface area contributed by atoms with Crippen LogP contribution in [-0.2, 0) is 14.6 Å². The van der Waals surface area contributed by atoms with E-state index in [1.165, 1.54) is 24.3 Å². The molecule has 1 N–H and O–H groups in total. The first kappa shape index (κ1) is 12.6. The highest BCUT2D eigenvalue weighted by Crippen LogP contribution is 2.05. The molecule has 0 aromatic heterocycles. The standard InChI is InChI=1S/C9H13NO3S/c1-3-4-5-9(14(2,12)13)6-7-10-8-11/h3-6,8H,1,7H2,2H3,(H,10,11)/b5-4-,9-6+. The molecule has 0 bridgehead atoms. The molecular weight excluding hydrogens is 202 g/mol. The van der Waals surface area contributed by atoms with E-state index in [9.17, 15) is 13.2 Å². The van der Waals surface area contributed by atoms with Gasteiger partial charge in [0.15, 0.2) is 9.84 Å². The lowest BCUT2D eigenvalue weighted by molar-refractivity contribution is -0.109. The van der Waals surface area contributed by atoms with Crippen molar-refractivity contribution in [3.05, 3.63) is 35.8 Å². The molecule has 0 aromatic carbocycles. The molecule has 0 aliphatic rings. The van der Waals surface area contributed by atoms with Gasteiger partial charge in [-0.15, -0.1) is 0 Å². The van der Waals surface area contributed by atoms with Gasteiger partial charge in [-0.05, 0) is 12.2 Å². The summed E-state index contributed by atoms with van der Waals surface area (Å²) in [5.41, 5.74) is 0. The summed E-state index contributed by atoms with van der Waals surface area (Å²) in [5.74, 6) is 0. The normalized spacial score (nSPS) is 12.8. The van der Waals surface area contributed by atoms with Crippen molar-refractivity contribution in [1.29, 1.82) is 0 Å². The lowest BCUT2D eigenvalue weighted by Crippen LogP contribution is -2.11. The molecule has 0 saturated heterocycles. The smallest absolute Gasteiger partial charge is 0.207 e. The van der Waals surface area contributed by atoms with Gasteiger partial charge in [-0.3, -0.25) is 4.79 Å². The molecule has 1 amide bonds. The van der Waals surface area contributed by atoms with Crippen molar-refractivity contribution in [2.45, 2.75) is 0 Å². The van der Waals surface area contributed by atoms with Crippen molar-refractivity contribution in [2.75, 3.05) is 12.8 Å². The minimum Gasteiger partial charge on any atom is -0.355 e. The quantitative estimate of drug-likeness (QED) is 0.396. The molecular formula is C9H13NO3S.